The van der Waals surface area contributed by atoms with E-state index in [2.05, 4.69) is 25.7 Å². The molecule has 1 saturated carbocycles. The Balaban J connectivity index is 1.69. The maximum atomic E-state index is 10.7. The third kappa shape index (κ3) is 4.53. The summed E-state index contributed by atoms with van der Waals surface area (Å²) in [5, 5.41) is 41.2. The molecular formula is C25H31ClO6. The van der Waals surface area contributed by atoms with E-state index < -0.39 is 37.1 Å². The molecule has 32 heavy (non-hydrogen) atoms. The van der Waals surface area contributed by atoms with Gasteiger partial charge in [-0.1, -0.05) is 48.0 Å². The van der Waals surface area contributed by atoms with Crippen molar-refractivity contribution in [1.82, 2.24) is 0 Å². The molecular weight excluding hydrogens is 432 g/mol. The van der Waals surface area contributed by atoms with Crippen LogP contribution in [0.3, 0.4) is 0 Å². The van der Waals surface area contributed by atoms with Crippen LogP contribution in [-0.2, 0) is 17.6 Å². The second kappa shape index (κ2) is 9.67. The smallest absolute Gasteiger partial charge is 0.141 e. The highest BCUT2D eigenvalue weighted by atomic mass is 35.5. The first-order valence-corrected chi connectivity index (χ1v) is 11.5. The zero-order valence-corrected chi connectivity index (χ0v) is 19.0. The Morgan fingerprint density at radius 2 is 1.94 bits per heavy atom. The molecule has 1 saturated heterocycles. The van der Waals surface area contributed by atoms with Crippen LogP contribution in [0.25, 0.3) is 0 Å². The molecule has 3 aliphatic rings. The number of aliphatic hydroxyl groups excluding tert-OH is 4. The van der Waals surface area contributed by atoms with Crippen molar-refractivity contribution in [1.29, 1.82) is 0 Å². The van der Waals surface area contributed by atoms with Crippen molar-refractivity contribution in [3.8, 4) is 5.75 Å². The van der Waals surface area contributed by atoms with Crippen LogP contribution in [0, 0.1) is 5.92 Å². The van der Waals surface area contributed by atoms with E-state index in [1.807, 2.05) is 6.07 Å². The van der Waals surface area contributed by atoms with E-state index in [9.17, 15) is 20.4 Å². The molecule has 7 heteroatoms. The number of aliphatic hydroxyl groups is 4. The lowest BCUT2D eigenvalue weighted by molar-refractivity contribution is -0.231. The van der Waals surface area contributed by atoms with Gasteiger partial charge >= 0.3 is 0 Å². The topological polar surface area (TPSA) is 99.4 Å². The van der Waals surface area contributed by atoms with Crippen molar-refractivity contribution < 1.29 is 29.9 Å². The molecule has 4 rings (SSSR count). The lowest BCUT2D eigenvalue weighted by Gasteiger charge is -2.40. The highest BCUT2D eigenvalue weighted by Gasteiger charge is 2.45. The molecule has 0 radical (unpaired) electrons. The highest BCUT2D eigenvalue weighted by Crippen LogP contribution is 2.44. The van der Waals surface area contributed by atoms with Gasteiger partial charge in [0.2, 0.25) is 0 Å². The van der Waals surface area contributed by atoms with Crippen LogP contribution < -0.4 is 4.74 Å². The molecule has 2 fully saturated rings. The van der Waals surface area contributed by atoms with E-state index in [0.717, 1.165) is 16.7 Å². The summed E-state index contributed by atoms with van der Waals surface area (Å²) in [5.74, 6) is 1.25. The maximum Gasteiger partial charge on any atom is 0.141 e. The van der Waals surface area contributed by atoms with Crippen molar-refractivity contribution in [2.75, 3.05) is 13.2 Å². The molecule has 2 aliphatic heterocycles. The molecule has 4 N–H and O–H groups in total. The van der Waals surface area contributed by atoms with Crippen molar-refractivity contribution in [2.45, 2.75) is 63.1 Å². The van der Waals surface area contributed by atoms with E-state index in [1.54, 1.807) is 6.08 Å². The van der Waals surface area contributed by atoms with Crippen molar-refractivity contribution in [2.24, 2.45) is 5.92 Å². The van der Waals surface area contributed by atoms with Gasteiger partial charge in [-0.2, -0.15) is 0 Å². The fourth-order valence-corrected chi connectivity index (χ4v) is 4.77. The van der Waals surface area contributed by atoms with E-state index >= 15 is 0 Å². The Kier molecular flexibility index (Phi) is 7.10. The zero-order chi connectivity index (χ0) is 23.0. The first-order valence-electron chi connectivity index (χ1n) is 11.1. The van der Waals surface area contributed by atoms with E-state index in [-0.39, 0.29) is 0 Å². The highest BCUT2D eigenvalue weighted by molar-refractivity contribution is 6.33. The van der Waals surface area contributed by atoms with Gasteiger partial charge in [-0.05, 0) is 48.8 Å². The van der Waals surface area contributed by atoms with Crippen LogP contribution >= 0.6 is 11.6 Å². The molecule has 0 unspecified atom stereocenters. The quantitative estimate of drug-likeness (QED) is 0.465. The monoisotopic (exact) mass is 462 g/mol. The molecule has 2 heterocycles. The fraction of sp³-hybridized carbons (Fsp3) is 0.520. The molecule has 6 nitrogen and oxygen atoms in total. The van der Waals surface area contributed by atoms with Crippen LogP contribution in [0.1, 0.15) is 42.6 Å². The summed E-state index contributed by atoms with van der Waals surface area (Å²) in [4.78, 5) is 0. The zero-order valence-electron chi connectivity index (χ0n) is 18.2. The number of fused-ring (bicyclic) bond motifs is 1. The van der Waals surface area contributed by atoms with E-state index in [4.69, 9.17) is 21.1 Å². The van der Waals surface area contributed by atoms with Gasteiger partial charge < -0.3 is 29.9 Å². The standard InChI is InChI=1S/C25H31ClO6/c1-3-14(5-4-13(2)15-6-7-15)10-16-11-18(17-8-9-31-24(17)20(16)26)25-23(30)22(29)21(28)19(12-27)32-25/h3-5,11,15,19,21-23,25,27-30H,1,6-10,12H2,2H3/b13-4+,14-5+/t19-,21-,22+,23-,25+/m1/s1. The molecule has 1 aromatic rings. The Morgan fingerprint density at radius 3 is 2.59 bits per heavy atom. The Bertz CT molecular complexity index is 933. The number of allylic oxidation sites excluding steroid dienone is 5. The number of hydrogen-bond acceptors (Lipinski definition) is 6. The summed E-state index contributed by atoms with van der Waals surface area (Å²) >= 11 is 6.70. The molecule has 1 aromatic carbocycles. The summed E-state index contributed by atoms with van der Waals surface area (Å²) in [6.07, 6.45) is 3.47. The third-order valence-corrected chi connectivity index (χ3v) is 7.08. The van der Waals surface area contributed by atoms with Crippen molar-refractivity contribution in [3.63, 3.8) is 0 Å². The van der Waals surface area contributed by atoms with Gasteiger partial charge in [0.1, 0.15) is 36.3 Å². The second-order valence-electron chi connectivity index (χ2n) is 8.90. The summed E-state index contributed by atoms with van der Waals surface area (Å²) < 4.78 is 11.6. The van der Waals surface area contributed by atoms with Gasteiger partial charge in [0, 0.05) is 12.0 Å². The molecule has 174 valence electrons. The molecule has 0 amide bonds. The normalized spacial score (nSPS) is 30.8. The lowest BCUT2D eigenvalue weighted by atomic mass is 9.87. The van der Waals surface area contributed by atoms with Gasteiger partial charge in [-0.15, -0.1) is 0 Å². The Morgan fingerprint density at radius 1 is 1.19 bits per heavy atom. The minimum Gasteiger partial charge on any atom is -0.491 e. The lowest BCUT2D eigenvalue weighted by Crippen LogP contribution is -2.55. The van der Waals surface area contributed by atoms with Crippen LogP contribution in [0.4, 0.5) is 0 Å². The van der Waals surface area contributed by atoms with E-state index in [0.29, 0.717) is 41.7 Å². The predicted octanol–water partition coefficient (Wildman–Crippen LogP) is 2.80. The van der Waals surface area contributed by atoms with Crippen molar-refractivity contribution in [3.05, 3.63) is 63.7 Å². The van der Waals surface area contributed by atoms with Gasteiger partial charge in [0.25, 0.3) is 0 Å². The number of ether oxygens (including phenoxy) is 2. The first kappa shape index (κ1) is 23.5. The average Bonchev–Trinajstić information content (AvgIpc) is 3.53. The van der Waals surface area contributed by atoms with Crippen LogP contribution in [-0.4, -0.2) is 58.1 Å². The van der Waals surface area contributed by atoms with Gasteiger partial charge in [0.15, 0.2) is 0 Å². The van der Waals surface area contributed by atoms with Crippen molar-refractivity contribution >= 4 is 11.6 Å². The summed E-state index contributed by atoms with van der Waals surface area (Å²) in [6.45, 7) is 6.06. The van der Waals surface area contributed by atoms with E-state index in [1.165, 1.54) is 18.4 Å². The summed E-state index contributed by atoms with van der Waals surface area (Å²) in [6, 6.07) is 1.87. The average molecular weight is 463 g/mol. The summed E-state index contributed by atoms with van der Waals surface area (Å²) in [5.41, 5.74) is 4.61. The molecule has 0 spiro atoms. The molecule has 1 aliphatic carbocycles. The number of hydrogen-bond donors (Lipinski definition) is 4. The molecule has 0 bridgehead atoms. The number of rotatable bonds is 7. The Labute approximate surface area is 193 Å². The molecule has 5 atom stereocenters. The molecule has 0 aromatic heterocycles. The van der Waals surface area contributed by atoms with Gasteiger partial charge in [0.05, 0.1) is 18.2 Å². The maximum absolute atomic E-state index is 10.7. The first-order chi connectivity index (χ1) is 15.3. The van der Waals surface area contributed by atoms with Crippen LogP contribution in [0.5, 0.6) is 5.75 Å². The third-order valence-electron chi connectivity index (χ3n) is 6.67. The van der Waals surface area contributed by atoms with Crippen LogP contribution in [0.15, 0.2) is 42.0 Å². The van der Waals surface area contributed by atoms with Gasteiger partial charge in [-0.25, -0.2) is 0 Å². The SMILES string of the molecule is C=C/C(=C\C=C(/C)C1CC1)Cc1cc([C@@H]2O[C@H](CO)[C@@H](O)[C@H](O)[C@H]2O)c2c(c1Cl)OCC2. The van der Waals surface area contributed by atoms with Crippen LogP contribution in [0.2, 0.25) is 5.02 Å². The Hall–Kier alpha value is -1.67. The number of halogens is 1. The predicted molar refractivity (Wildman–Crippen MR) is 122 cm³/mol. The summed E-state index contributed by atoms with van der Waals surface area (Å²) in [7, 11) is 0. The number of benzene rings is 1. The minimum absolute atomic E-state index is 0.455. The fourth-order valence-electron chi connectivity index (χ4n) is 4.48. The van der Waals surface area contributed by atoms with Gasteiger partial charge in [-0.3, -0.25) is 0 Å². The largest absolute Gasteiger partial charge is 0.491 e. The second-order valence-corrected chi connectivity index (χ2v) is 9.28. The minimum atomic E-state index is -1.44.